The highest BCUT2D eigenvalue weighted by Crippen LogP contribution is 2.38. The Morgan fingerprint density at radius 3 is 1.19 bits per heavy atom. The molecule has 1 saturated carbocycles. The summed E-state index contributed by atoms with van der Waals surface area (Å²) in [4.78, 5) is 162. The Hall–Kier alpha value is -7.12. The highest BCUT2D eigenvalue weighted by molar-refractivity contribution is 6.28. The number of likely N-dealkylation sites (tertiary alicyclic amines) is 2. The van der Waals surface area contributed by atoms with Gasteiger partial charge in [-0.1, -0.05) is 12.1 Å². The molecule has 4 aliphatic heterocycles. The fourth-order valence-corrected chi connectivity index (χ4v) is 8.48. The first-order valence-electron chi connectivity index (χ1n) is 20.8. The van der Waals surface area contributed by atoms with Crippen LogP contribution < -0.4 is 10.6 Å². The second-order valence-electron chi connectivity index (χ2n) is 18.1. The number of ether oxygens (including phenoxy) is 2. The molecule has 3 fully saturated rings. The van der Waals surface area contributed by atoms with E-state index >= 15 is 0 Å². The van der Waals surface area contributed by atoms with Crippen molar-refractivity contribution >= 4 is 82.6 Å². The monoisotopic (exact) mass is 882 g/mol. The number of fused-ring (bicyclic) bond motifs is 2. The number of benzene rings is 2. The van der Waals surface area contributed by atoms with Gasteiger partial charge in [0.05, 0.1) is 33.6 Å². The third kappa shape index (κ3) is 8.26. The topological polar surface area (TPSA) is 260 Å². The standard InChI is InChI=1S/C44H46N6O14/c1-43(2,3)63-41(61)49-29(51)19-17-27(37(49)57)47-35(55)23-9-7-11-25(31(23)39(47)59)45-33(53)21-13-15-22(16-14-21)34(54)46-26-12-8-10-24-32(26)40(60)48(36(24)56)28-18-20-30(52)50(38(28)58)42(62)64-44(4,5)6/h7-12,21-22,27-28H,13-20H2,1-6H3,(H,45,53)(H,46,54)/t21-,22-,27?,28?. The molecule has 1 aliphatic carbocycles. The van der Waals surface area contributed by atoms with Gasteiger partial charge in [-0.3, -0.25) is 57.7 Å². The normalized spacial score (nSPS) is 22.7. The molecule has 64 heavy (non-hydrogen) atoms. The second-order valence-corrected chi connectivity index (χ2v) is 18.1. The molecule has 0 bridgehead atoms. The minimum atomic E-state index is -1.48. The molecule has 0 radical (unpaired) electrons. The lowest BCUT2D eigenvalue weighted by Crippen LogP contribution is -2.58. The number of nitrogens with one attached hydrogen (secondary N) is 2. The third-order valence-corrected chi connectivity index (χ3v) is 11.4. The number of anilines is 2. The molecule has 20 nitrogen and oxygen atoms in total. The van der Waals surface area contributed by atoms with Crippen LogP contribution in [0.2, 0.25) is 0 Å². The quantitative estimate of drug-likeness (QED) is 0.386. The van der Waals surface area contributed by atoms with E-state index in [0.29, 0.717) is 19.6 Å². The molecule has 5 aliphatic rings. The number of imide groups is 8. The van der Waals surface area contributed by atoms with E-state index < -0.39 is 106 Å². The van der Waals surface area contributed by atoms with Crippen LogP contribution in [0, 0.1) is 11.8 Å². The summed E-state index contributed by atoms with van der Waals surface area (Å²) >= 11 is 0. The Morgan fingerprint density at radius 1 is 0.516 bits per heavy atom. The number of piperidine rings is 2. The summed E-state index contributed by atoms with van der Waals surface area (Å²) in [5.74, 6) is -9.54. The first-order chi connectivity index (χ1) is 30.0. The van der Waals surface area contributed by atoms with Crippen LogP contribution in [-0.4, -0.2) is 114 Å². The van der Waals surface area contributed by atoms with E-state index in [1.165, 1.54) is 36.4 Å². The molecule has 7 rings (SSSR count). The van der Waals surface area contributed by atoms with Crippen LogP contribution in [0.25, 0.3) is 0 Å². The molecule has 336 valence electrons. The van der Waals surface area contributed by atoms with Gasteiger partial charge in [-0.15, -0.1) is 0 Å². The average molecular weight is 883 g/mol. The maximum Gasteiger partial charge on any atom is 0.424 e. The van der Waals surface area contributed by atoms with Crippen molar-refractivity contribution in [2.75, 3.05) is 10.6 Å². The highest BCUT2D eigenvalue weighted by atomic mass is 16.6. The molecule has 2 N–H and O–H groups in total. The maximum atomic E-state index is 13.8. The lowest BCUT2D eigenvalue weighted by molar-refractivity contribution is -0.151. The van der Waals surface area contributed by atoms with Gasteiger partial charge >= 0.3 is 12.2 Å². The Kier molecular flexibility index (Phi) is 11.6. The minimum absolute atomic E-state index is 0.0109. The maximum absolute atomic E-state index is 13.8. The van der Waals surface area contributed by atoms with Crippen molar-refractivity contribution in [3.8, 4) is 0 Å². The van der Waals surface area contributed by atoms with Gasteiger partial charge in [0.1, 0.15) is 23.3 Å². The first-order valence-corrected chi connectivity index (χ1v) is 20.8. The van der Waals surface area contributed by atoms with Crippen molar-refractivity contribution in [1.29, 1.82) is 0 Å². The van der Waals surface area contributed by atoms with Crippen molar-refractivity contribution in [1.82, 2.24) is 19.6 Å². The summed E-state index contributed by atoms with van der Waals surface area (Å²) in [6, 6.07) is 5.51. The zero-order valence-corrected chi connectivity index (χ0v) is 35.9. The summed E-state index contributed by atoms with van der Waals surface area (Å²) in [7, 11) is 0. The van der Waals surface area contributed by atoms with E-state index in [0.717, 1.165) is 0 Å². The molecule has 0 spiro atoms. The van der Waals surface area contributed by atoms with Crippen molar-refractivity contribution < 1.29 is 67.0 Å². The van der Waals surface area contributed by atoms with Gasteiger partial charge in [0.15, 0.2) is 0 Å². The molecule has 0 aromatic heterocycles. The molecule has 20 heteroatoms. The zero-order valence-electron chi connectivity index (χ0n) is 35.9. The van der Waals surface area contributed by atoms with Crippen molar-refractivity contribution in [3.05, 3.63) is 58.7 Å². The molecule has 4 heterocycles. The zero-order chi connectivity index (χ0) is 46.7. The van der Waals surface area contributed by atoms with Crippen LogP contribution in [0.15, 0.2) is 36.4 Å². The first kappa shape index (κ1) is 44.9. The van der Waals surface area contributed by atoms with Gasteiger partial charge in [-0.05, 0) is 104 Å². The summed E-state index contributed by atoms with van der Waals surface area (Å²) in [5, 5.41) is 5.45. The number of carbonyl (C=O) groups excluding carboxylic acids is 12. The summed E-state index contributed by atoms with van der Waals surface area (Å²) in [5.41, 5.74) is -2.56. The van der Waals surface area contributed by atoms with Gasteiger partial charge in [0.25, 0.3) is 35.4 Å². The number of nitrogens with zero attached hydrogens (tertiary/aromatic N) is 4. The summed E-state index contributed by atoms with van der Waals surface area (Å²) < 4.78 is 10.4. The largest absolute Gasteiger partial charge is 0.443 e. The van der Waals surface area contributed by atoms with Gasteiger partial charge < -0.3 is 20.1 Å². The number of hydrogen-bond acceptors (Lipinski definition) is 14. The minimum Gasteiger partial charge on any atom is -0.443 e. The van der Waals surface area contributed by atoms with Gasteiger partial charge in [0.2, 0.25) is 23.6 Å². The van der Waals surface area contributed by atoms with E-state index in [1.807, 2.05) is 0 Å². The van der Waals surface area contributed by atoms with Crippen LogP contribution in [-0.2, 0) is 38.2 Å². The van der Waals surface area contributed by atoms with Crippen LogP contribution >= 0.6 is 0 Å². The van der Waals surface area contributed by atoms with Crippen molar-refractivity contribution in [2.24, 2.45) is 11.8 Å². The van der Waals surface area contributed by atoms with Crippen LogP contribution in [0.5, 0.6) is 0 Å². The highest BCUT2D eigenvalue weighted by Gasteiger charge is 2.52. The number of hydrogen-bond donors (Lipinski definition) is 2. The third-order valence-electron chi connectivity index (χ3n) is 11.4. The van der Waals surface area contributed by atoms with Crippen LogP contribution in [0.3, 0.4) is 0 Å². The molecule has 2 unspecified atom stereocenters. The predicted molar refractivity (Wildman–Crippen MR) is 219 cm³/mol. The van der Waals surface area contributed by atoms with Crippen LogP contribution in [0.1, 0.15) is 134 Å². The average Bonchev–Trinajstić information content (AvgIpc) is 3.61. The van der Waals surface area contributed by atoms with E-state index in [4.69, 9.17) is 9.47 Å². The van der Waals surface area contributed by atoms with Crippen LogP contribution in [0.4, 0.5) is 21.0 Å². The fraction of sp³-hybridized carbons (Fsp3) is 0.455. The smallest absolute Gasteiger partial charge is 0.424 e. The molecular formula is C44H46N6O14. The van der Waals surface area contributed by atoms with E-state index in [2.05, 4.69) is 10.6 Å². The van der Waals surface area contributed by atoms with E-state index in [-0.39, 0.29) is 85.0 Å². The van der Waals surface area contributed by atoms with Gasteiger partial charge in [-0.2, -0.15) is 9.80 Å². The Balaban J connectivity index is 0.982. The lowest BCUT2D eigenvalue weighted by atomic mass is 9.81. The molecule has 2 aromatic rings. The summed E-state index contributed by atoms with van der Waals surface area (Å²) in [6.07, 6.45) is -2.59. The molecule has 12 amide bonds. The van der Waals surface area contributed by atoms with E-state index in [9.17, 15) is 57.5 Å². The lowest BCUT2D eigenvalue weighted by Gasteiger charge is -2.34. The Bertz CT molecular complexity index is 2310. The Labute approximate surface area is 365 Å². The molecule has 2 saturated heterocycles. The molecule has 2 aromatic carbocycles. The summed E-state index contributed by atoms with van der Waals surface area (Å²) in [6.45, 7) is 9.28. The number of amides is 12. The fourth-order valence-electron chi connectivity index (χ4n) is 8.48. The van der Waals surface area contributed by atoms with E-state index in [1.54, 1.807) is 41.5 Å². The molecular weight excluding hydrogens is 837 g/mol. The number of rotatable bonds is 6. The number of carbonyl (C=O) groups is 12. The second kappa shape index (κ2) is 16.5. The van der Waals surface area contributed by atoms with Crippen molar-refractivity contribution in [3.63, 3.8) is 0 Å². The van der Waals surface area contributed by atoms with Gasteiger partial charge in [-0.25, -0.2) is 9.59 Å². The Morgan fingerprint density at radius 2 is 0.859 bits per heavy atom. The van der Waals surface area contributed by atoms with Gasteiger partial charge in [0, 0.05) is 24.7 Å². The predicted octanol–water partition coefficient (Wildman–Crippen LogP) is 4.17. The van der Waals surface area contributed by atoms with Crippen molar-refractivity contribution in [2.45, 2.75) is 116 Å². The SMILES string of the molecule is CC(C)(C)OC(=O)N1C(=O)CCC(N2C(=O)c3cccc(NC(=O)[C@H]4CC[C@H](C(=O)Nc5cccc6c5C(=O)N(C5CCC(=O)N(C(=O)OC(C)(C)C)C5=O)C6=O)CC4)c3C2=O)C1=O. The molecule has 2 atom stereocenters.